The van der Waals surface area contributed by atoms with Crippen LogP contribution >= 0.6 is 0 Å². The molecule has 0 heterocycles. The number of esters is 1. The number of carbonyl (C=O) groups is 1. The van der Waals surface area contributed by atoms with E-state index in [1.165, 1.54) is 7.11 Å². The zero-order valence-corrected chi connectivity index (χ0v) is 12.5. The van der Waals surface area contributed by atoms with Crippen LogP contribution in [0.4, 0.5) is 0 Å². The molecule has 108 valence electrons. The second-order valence-electron chi connectivity index (χ2n) is 4.97. The highest BCUT2D eigenvalue weighted by Gasteiger charge is 2.33. The molecular formula is C14H29NO3. The summed E-state index contributed by atoms with van der Waals surface area (Å²) in [6, 6.07) is 0. The molecule has 0 aliphatic carbocycles. The molecule has 0 fully saturated rings. The molecule has 4 nitrogen and oxygen atoms in total. The van der Waals surface area contributed by atoms with Crippen LogP contribution < -0.4 is 5.32 Å². The molecular weight excluding hydrogens is 230 g/mol. The van der Waals surface area contributed by atoms with Crippen molar-refractivity contribution in [1.29, 1.82) is 0 Å². The summed E-state index contributed by atoms with van der Waals surface area (Å²) in [7, 11) is 1.43. The molecule has 0 aliphatic rings. The summed E-state index contributed by atoms with van der Waals surface area (Å²) in [5, 5.41) is 3.25. The van der Waals surface area contributed by atoms with Crippen molar-refractivity contribution >= 4 is 5.97 Å². The van der Waals surface area contributed by atoms with Crippen molar-refractivity contribution in [3.63, 3.8) is 0 Å². The van der Waals surface area contributed by atoms with Gasteiger partial charge in [0, 0.05) is 6.61 Å². The van der Waals surface area contributed by atoms with Crippen LogP contribution in [0, 0.1) is 0 Å². The van der Waals surface area contributed by atoms with Gasteiger partial charge in [-0.3, -0.25) is 4.79 Å². The van der Waals surface area contributed by atoms with Crippen LogP contribution in [0.25, 0.3) is 0 Å². The summed E-state index contributed by atoms with van der Waals surface area (Å²) in [5.41, 5.74) is -0.642. The molecule has 0 aliphatic heterocycles. The highest BCUT2D eigenvalue weighted by molar-refractivity contribution is 5.80. The number of methoxy groups -OCH3 is 1. The molecule has 4 heteroatoms. The van der Waals surface area contributed by atoms with Gasteiger partial charge in [-0.1, -0.05) is 20.3 Å². The lowest BCUT2D eigenvalue weighted by Gasteiger charge is -2.28. The fraction of sp³-hybridized carbons (Fsp3) is 0.929. The maximum atomic E-state index is 11.8. The number of hydrogen-bond acceptors (Lipinski definition) is 4. The van der Waals surface area contributed by atoms with Crippen LogP contribution in [0.15, 0.2) is 0 Å². The fourth-order valence-corrected chi connectivity index (χ4v) is 1.84. The number of hydrogen-bond donors (Lipinski definition) is 1. The van der Waals surface area contributed by atoms with E-state index in [0.717, 1.165) is 25.8 Å². The summed E-state index contributed by atoms with van der Waals surface area (Å²) in [6.07, 6.45) is 4.04. The third-order valence-corrected chi connectivity index (χ3v) is 3.10. The standard InChI is InChI=1S/C14H29NO3/c1-6-8-12(3)18-11-9-14(4,13(16)17-5)15-10-7-2/h12,15H,6-11H2,1-5H3. The molecule has 0 spiro atoms. The maximum absolute atomic E-state index is 11.8. The molecule has 0 rings (SSSR count). The number of carbonyl (C=O) groups excluding carboxylic acids is 1. The van der Waals surface area contributed by atoms with E-state index in [0.29, 0.717) is 13.0 Å². The first-order valence-electron chi connectivity index (χ1n) is 6.95. The van der Waals surface area contributed by atoms with Crippen molar-refractivity contribution in [2.75, 3.05) is 20.3 Å². The Kier molecular flexibility index (Phi) is 9.02. The Morgan fingerprint density at radius 2 is 2.00 bits per heavy atom. The monoisotopic (exact) mass is 259 g/mol. The van der Waals surface area contributed by atoms with Gasteiger partial charge in [0.15, 0.2) is 0 Å². The van der Waals surface area contributed by atoms with E-state index in [-0.39, 0.29) is 12.1 Å². The summed E-state index contributed by atoms with van der Waals surface area (Å²) >= 11 is 0. The van der Waals surface area contributed by atoms with Crippen LogP contribution in [0.2, 0.25) is 0 Å². The molecule has 0 aromatic heterocycles. The van der Waals surface area contributed by atoms with Gasteiger partial charge in [0.2, 0.25) is 0 Å². The van der Waals surface area contributed by atoms with Crippen LogP contribution in [-0.2, 0) is 14.3 Å². The normalized spacial score (nSPS) is 16.1. The van der Waals surface area contributed by atoms with Crippen LogP contribution in [0.3, 0.4) is 0 Å². The second kappa shape index (κ2) is 9.34. The molecule has 0 saturated carbocycles. The van der Waals surface area contributed by atoms with Crippen molar-refractivity contribution in [2.45, 2.75) is 65.0 Å². The van der Waals surface area contributed by atoms with Gasteiger partial charge >= 0.3 is 5.97 Å². The predicted octanol–water partition coefficient (Wildman–Crippen LogP) is 2.51. The van der Waals surface area contributed by atoms with Crippen LogP contribution in [-0.4, -0.2) is 37.9 Å². The lowest BCUT2D eigenvalue weighted by Crippen LogP contribution is -2.51. The second-order valence-corrected chi connectivity index (χ2v) is 4.97. The van der Waals surface area contributed by atoms with Crippen LogP contribution in [0.5, 0.6) is 0 Å². The highest BCUT2D eigenvalue weighted by Crippen LogP contribution is 2.13. The Balaban J connectivity index is 4.20. The topological polar surface area (TPSA) is 47.6 Å². The molecule has 0 aromatic carbocycles. The minimum Gasteiger partial charge on any atom is -0.468 e. The van der Waals surface area contributed by atoms with Gasteiger partial charge in [0.25, 0.3) is 0 Å². The molecule has 1 N–H and O–H groups in total. The number of nitrogens with one attached hydrogen (secondary N) is 1. The van der Waals surface area contributed by atoms with Crippen LogP contribution in [0.1, 0.15) is 53.4 Å². The van der Waals surface area contributed by atoms with E-state index < -0.39 is 5.54 Å². The summed E-state index contributed by atoms with van der Waals surface area (Å²) in [5.74, 6) is -0.220. The summed E-state index contributed by atoms with van der Waals surface area (Å²) in [4.78, 5) is 11.8. The molecule has 2 atom stereocenters. The number of ether oxygens (including phenoxy) is 2. The van der Waals surface area contributed by atoms with Gasteiger partial charge in [-0.25, -0.2) is 0 Å². The highest BCUT2D eigenvalue weighted by atomic mass is 16.5. The minimum atomic E-state index is -0.642. The van der Waals surface area contributed by atoms with E-state index in [1.54, 1.807) is 0 Å². The lowest BCUT2D eigenvalue weighted by atomic mass is 9.98. The zero-order valence-electron chi connectivity index (χ0n) is 12.5. The van der Waals surface area contributed by atoms with Crippen molar-refractivity contribution in [3.8, 4) is 0 Å². The quantitative estimate of drug-likeness (QED) is 0.612. The van der Waals surface area contributed by atoms with E-state index in [2.05, 4.69) is 26.1 Å². The zero-order chi connectivity index (χ0) is 14.0. The van der Waals surface area contributed by atoms with Crippen molar-refractivity contribution < 1.29 is 14.3 Å². The number of rotatable bonds is 10. The van der Waals surface area contributed by atoms with Crippen molar-refractivity contribution in [1.82, 2.24) is 5.32 Å². The molecule has 0 bridgehead atoms. The first-order chi connectivity index (χ1) is 8.50. The molecule has 0 amide bonds. The first kappa shape index (κ1) is 17.4. The van der Waals surface area contributed by atoms with E-state index in [4.69, 9.17) is 9.47 Å². The SMILES string of the molecule is CCCNC(C)(CCOC(C)CCC)C(=O)OC. The van der Waals surface area contributed by atoms with E-state index >= 15 is 0 Å². The molecule has 0 saturated heterocycles. The van der Waals surface area contributed by atoms with Gasteiger partial charge in [-0.2, -0.15) is 0 Å². The van der Waals surface area contributed by atoms with Gasteiger partial charge in [-0.15, -0.1) is 0 Å². The van der Waals surface area contributed by atoms with E-state index in [9.17, 15) is 4.79 Å². The average molecular weight is 259 g/mol. The largest absolute Gasteiger partial charge is 0.468 e. The Hall–Kier alpha value is -0.610. The molecule has 18 heavy (non-hydrogen) atoms. The average Bonchev–Trinajstić information content (AvgIpc) is 2.35. The molecule has 0 radical (unpaired) electrons. The third kappa shape index (κ3) is 6.36. The fourth-order valence-electron chi connectivity index (χ4n) is 1.84. The smallest absolute Gasteiger partial charge is 0.325 e. The van der Waals surface area contributed by atoms with Gasteiger partial charge in [0.05, 0.1) is 13.2 Å². The Labute approximate surface area is 111 Å². The summed E-state index contributed by atoms with van der Waals surface area (Å²) in [6.45, 7) is 9.53. The van der Waals surface area contributed by atoms with E-state index in [1.807, 2.05) is 6.92 Å². The lowest BCUT2D eigenvalue weighted by molar-refractivity contribution is -0.149. The van der Waals surface area contributed by atoms with Crippen molar-refractivity contribution in [2.24, 2.45) is 0 Å². The van der Waals surface area contributed by atoms with Crippen molar-refractivity contribution in [3.05, 3.63) is 0 Å². The minimum absolute atomic E-state index is 0.220. The van der Waals surface area contributed by atoms with Gasteiger partial charge in [0.1, 0.15) is 5.54 Å². The molecule has 2 unspecified atom stereocenters. The predicted molar refractivity (Wildman–Crippen MR) is 73.7 cm³/mol. The Bertz CT molecular complexity index is 233. The summed E-state index contributed by atoms with van der Waals surface area (Å²) < 4.78 is 10.6. The Morgan fingerprint density at radius 3 is 2.50 bits per heavy atom. The van der Waals surface area contributed by atoms with Gasteiger partial charge in [-0.05, 0) is 39.7 Å². The maximum Gasteiger partial charge on any atom is 0.325 e. The molecule has 0 aromatic rings. The first-order valence-corrected chi connectivity index (χ1v) is 6.95. The third-order valence-electron chi connectivity index (χ3n) is 3.10. The Morgan fingerprint density at radius 1 is 1.33 bits per heavy atom. The van der Waals surface area contributed by atoms with Gasteiger partial charge < -0.3 is 14.8 Å².